The summed E-state index contributed by atoms with van der Waals surface area (Å²) < 4.78 is 5.48. The largest absolute Gasteiger partial charge is 0.378 e. The molecule has 1 aliphatic heterocycles. The molecule has 0 radical (unpaired) electrons. The van der Waals surface area contributed by atoms with Crippen LogP contribution in [0.5, 0.6) is 0 Å². The molecule has 1 fully saturated rings. The summed E-state index contributed by atoms with van der Waals surface area (Å²) in [6.45, 7) is 4.79. The predicted octanol–water partition coefficient (Wildman–Crippen LogP) is 3.78. The summed E-state index contributed by atoms with van der Waals surface area (Å²) in [5.41, 5.74) is 6.23. The first-order chi connectivity index (χ1) is 12.7. The van der Waals surface area contributed by atoms with Gasteiger partial charge in [-0.25, -0.2) is 0 Å². The van der Waals surface area contributed by atoms with E-state index in [1.807, 2.05) is 24.5 Å². The number of hydrogen-bond acceptors (Lipinski definition) is 4. The van der Waals surface area contributed by atoms with Crippen molar-refractivity contribution in [2.45, 2.75) is 6.92 Å². The minimum absolute atomic E-state index is 0.0785. The Morgan fingerprint density at radius 1 is 1.04 bits per heavy atom. The van der Waals surface area contributed by atoms with E-state index in [1.165, 1.54) is 0 Å². The van der Waals surface area contributed by atoms with Crippen molar-refractivity contribution in [2.24, 2.45) is 0 Å². The number of H-pyrrole nitrogens is 1. The van der Waals surface area contributed by atoms with Gasteiger partial charge in [-0.2, -0.15) is 5.10 Å². The van der Waals surface area contributed by atoms with E-state index in [0.717, 1.165) is 59.8 Å². The Bertz CT molecular complexity index is 896. The van der Waals surface area contributed by atoms with E-state index in [4.69, 9.17) is 4.74 Å². The van der Waals surface area contributed by atoms with E-state index in [1.54, 1.807) is 6.92 Å². The molecule has 0 aliphatic carbocycles. The van der Waals surface area contributed by atoms with Crippen LogP contribution >= 0.6 is 0 Å². The average Bonchev–Trinajstić information content (AvgIpc) is 3.23. The van der Waals surface area contributed by atoms with Crippen molar-refractivity contribution >= 4 is 11.5 Å². The number of anilines is 1. The van der Waals surface area contributed by atoms with Gasteiger partial charge in [-0.15, -0.1) is 0 Å². The first-order valence-electron chi connectivity index (χ1n) is 8.79. The van der Waals surface area contributed by atoms with Gasteiger partial charge in [-0.05, 0) is 36.2 Å². The summed E-state index contributed by atoms with van der Waals surface area (Å²) in [4.78, 5) is 14.2. The van der Waals surface area contributed by atoms with Crippen molar-refractivity contribution < 1.29 is 9.53 Å². The summed E-state index contributed by atoms with van der Waals surface area (Å²) in [6, 6.07) is 14.3. The Morgan fingerprint density at radius 3 is 2.42 bits per heavy atom. The van der Waals surface area contributed by atoms with E-state index in [9.17, 15) is 4.79 Å². The lowest BCUT2D eigenvalue weighted by atomic mass is 9.97. The van der Waals surface area contributed by atoms with Gasteiger partial charge in [-0.3, -0.25) is 9.89 Å². The highest BCUT2D eigenvalue weighted by Crippen LogP contribution is 2.34. The van der Waals surface area contributed by atoms with E-state index in [2.05, 4.69) is 45.4 Å². The van der Waals surface area contributed by atoms with Crippen molar-refractivity contribution in [3.63, 3.8) is 0 Å². The quantitative estimate of drug-likeness (QED) is 0.730. The van der Waals surface area contributed by atoms with Crippen molar-refractivity contribution in [1.82, 2.24) is 10.2 Å². The fourth-order valence-corrected chi connectivity index (χ4v) is 3.32. The molecule has 0 spiro atoms. The van der Waals surface area contributed by atoms with E-state index in [-0.39, 0.29) is 5.78 Å². The molecule has 2 heterocycles. The number of ketones is 1. The molecule has 26 heavy (non-hydrogen) atoms. The van der Waals surface area contributed by atoms with Crippen LogP contribution in [0.3, 0.4) is 0 Å². The maximum absolute atomic E-state index is 11.9. The number of ether oxygens (including phenoxy) is 1. The standard InChI is InChI=1S/C21H21N3O2/c1-15(25)18-6-7-21(24-8-10-26-11-9-24)20(12-18)17-4-2-16(3-5-17)19-13-22-23-14-19/h2-7,12-14H,8-11H2,1H3,(H,22,23). The minimum Gasteiger partial charge on any atom is -0.378 e. The second-order valence-corrected chi connectivity index (χ2v) is 6.45. The van der Waals surface area contributed by atoms with Gasteiger partial charge in [0, 0.05) is 41.7 Å². The third kappa shape index (κ3) is 3.26. The number of aromatic nitrogens is 2. The molecular formula is C21H21N3O2. The third-order valence-corrected chi connectivity index (χ3v) is 4.78. The van der Waals surface area contributed by atoms with Crippen LogP contribution in [0.2, 0.25) is 0 Å². The lowest BCUT2D eigenvalue weighted by Gasteiger charge is -2.31. The van der Waals surface area contributed by atoms with E-state index in [0.29, 0.717) is 0 Å². The zero-order valence-electron chi connectivity index (χ0n) is 14.7. The van der Waals surface area contributed by atoms with Gasteiger partial charge in [0.25, 0.3) is 0 Å². The molecule has 5 nitrogen and oxygen atoms in total. The van der Waals surface area contributed by atoms with Gasteiger partial charge in [0.05, 0.1) is 19.4 Å². The van der Waals surface area contributed by atoms with Crippen molar-refractivity contribution in [1.29, 1.82) is 0 Å². The van der Waals surface area contributed by atoms with Gasteiger partial charge in [0.2, 0.25) is 0 Å². The van der Waals surface area contributed by atoms with Gasteiger partial charge < -0.3 is 9.64 Å². The Kier molecular flexibility index (Phi) is 4.54. The molecule has 5 heteroatoms. The molecule has 0 amide bonds. The molecule has 132 valence electrons. The van der Waals surface area contributed by atoms with Crippen LogP contribution in [-0.2, 0) is 4.74 Å². The fourth-order valence-electron chi connectivity index (χ4n) is 3.32. The number of rotatable bonds is 4. The Labute approximate surface area is 152 Å². The van der Waals surface area contributed by atoms with Crippen LogP contribution in [0.15, 0.2) is 54.9 Å². The Hall–Kier alpha value is -2.92. The van der Waals surface area contributed by atoms with Gasteiger partial charge in [0.1, 0.15) is 0 Å². The lowest BCUT2D eigenvalue weighted by molar-refractivity contribution is 0.101. The smallest absolute Gasteiger partial charge is 0.159 e. The van der Waals surface area contributed by atoms with Crippen molar-refractivity contribution in [3.05, 3.63) is 60.4 Å². The van der Waals surface area contributed by atoms with Crippen LogP contribution in [0, 0.1) is 0 Å². The number of benzene rings is 2. The normalized spacial score (nSPS) is 14.4. The lowest BCUT2D eigenvalue weighted by Crippen LogP contribution is -2.36. The SMILES string of the molecule is CC(=O)c1ccc(N2CCOCC2)c(-c2ccc(-c3cn[nH]c3)cc2)c1. The maximum Gasteiger partial charge on any atom is 0.159 e. The molecule has 3 aromatic rings. The molecule has 1 aliphatic rings. The Morgan fingerprint density at radius 2 is 1.77 bits per heavy atom. The molecule has 0 saturated carbocycles. The van der Waals surface area contributed by atoms with E-state index >= 15 is 0 Å². The summed E-state index contributed by atoms with van der Waals surface area (Å²) in [7, 11) is 0. The van der Waals surface area contributed by atoms with E-state index < -0.39 is 0 Å². The second-order valence-electron chi connectivity index (χ2n) is 6.45. The maximum atomic E-state index is 11.9. The first-order valence-corrected chi connectivity index (χ1v) is 8.79. The fraction of sp³-hybridized carbons (Fsp3) is 0.238. The molecule has 0 unspecified atom stereocenters. The summed E-state index contributed by atoms with van der Waals surface area (Å²) in [5, 5.41) is 6.85. The van der Waals surface area contributed by atoms with Crippen LogP contribution < -0.4 is 4.90 Å². The van der Waals surface area contributed by atoms with Crippen LogP contribution in [-0.4, -0.2) is 42.3 Å². The number of Topliss-reactive ketones (excluding diaryl/α,β-unsaturated/α-hetero) is 1. The molecular weight excluding hydrogens is 326 g/mol. The number of carbonyl (C=O) groups is 1. The highest BCUT2D eigenvalue weighted by molar-refractivity contribution is 5.97. The number of nitrogens with zero attached hydrogens (tertiary/aromatic N) is 2. The van der Waals surface area contributed by atoms with Crippen LogP contribution in [0.25, 0.3) is 22.3 Å². The summed E-state index contributed by atoms with van der Waals surface area (Å²) in [5.74, 6) is 0.0785. The van der Waals surface area contributed by atoms with Crippen LogP contribution in [0.4, 0.5) is 5.69 Å². The number of carbonyl (C=O) groups excluding carboxylic acids is 1. The zero-order valence-corrected chi connectivity index (χ0v) is 14.7. The third-order valence-electron chi connectivity index (χ3n) is 4.78. The van der Waals surface area contributed by atoms with Crippen LogP contribution in [0.1, 0.15) is 17.3 Å². The van der Waals surface area contributed by atoms with Crippen molar-refractivity contribution in [3.8, 4) is 22.3 Å². The number of nitrogens with one attached hydrogen (secondary N) is 1. The average molecular weight is 347 g/mol. The zero-order chi connectivity index (χ0) is 17.9. The molecule has 1 N–H and O–H groups in total. The van der Waals surface area contributed by atoms with Gasteiger partial charge in [-0.1, -0.05) is 24.3 Å². The Balaban J connectivity index is 1.75. The number of hydrogen-bond donors (Lipinski definition) is 1. The highest BCUT2D eigenvalue weighted by Gasteiger charge is 2.17. The molecule has 4 rings (SSSR count). The molecule has 0 bridgehead atoms. The second kappa shape index (κ2) is 7.14. The highest BCUT2D eigenvalue weighted by atomic mass is 16.5. The predicted molar refractivity (Wildman–Crippen MR) is 102 cm³/mol. The monoisotopic (exact) mass is 347 g/mol. The molecule has 0 atom stereocenters. The topological polar surface area (TPSA) is 58.2 Å². The van der Waals surface area contributed by atoms with Gasteiger partial charge in [0.15, 0.2) is 5.78 Å². The molecule has 1 aromatic heterocycles. The number of morpholine rings is 1. The number of aromatic amines is 1. The molecule has 2 aromatic carbocycles. The summed E-state index contributed by atoms with van der Waals surface area (Å²) in [6.07, 6.45) is 3.69. The van der Waals surface area contributed by atoms with Crippen molar-refractivity contribution in [2.75, 3.05) is 31.2 Å². The first kappa shape index (κ1) is 16.5. The minimum atomic E-state index is 0.0785. The van der Waals surface area contributed by atoms with Gasteiger partial charge >= 0.3 is 0 Å². The summed E-state index contributed by atoms with van der Waals surface area (Å²) >= 11 is 0. The molecule has 1 saturated heterocycles.